The highest BCUT2D eigenvalue weighted by atomic mass is 79.9. The van der Waals surface area contributed by atoms with Crippen LogP contribution >= 0.6 is 15.9 Å². The van der Waals surface area contributed by atoms with Crippen LogP contribution in [-0.2, 0) is 7.05 Å². The van der Waals surface area contributed by atoms with Gasteiger partial charge in [-0.1, -0.05) is 18.2 Å². The van der Waals surface area contributed by atoms with E-state index in [0.29, 0.717) is 5.88 Å². The Hall–Kier alpha value is -1.29. The van der Waals surface area contributed by atoms with Crippen LogP contribution in [0.1, 0.15) is 0 Å². The van der Waals surface area contributed by atoms with Crippen molar-refractivity contribution in [3.63, 3.8) is 0 Å². The molecule has 72 valence electrons. The molecule has 0 aliphatic carbocycles. The van der Waals surface area contributed by atoms with Gasteiger partial charge in [0.05, 0.1) is 4.47 Å². The van der Waals surface area contributed by atoms with E-state index in [0.717, 1.165) is 10.2 Å². The fourth-order valence-corrected chi connectivity index (χ4v) is 1.57. The zero-order valence-electron chi connectivity index (χ0n) is 7.64. The van der Waals surface area contributed by atoms with Crippen molar-refractivity contribution < 1.29 is 4.74 Å². The van der Waals surface area contributed by atoms with Crippen molar-refractivity contribution in [2.24, 2.45) is 7.05 Å². The van der Waals surface area contributed by atoms with Crippen molar-refractivity contribution in [3.05, 3.63) is 41.0 Å². The van der Waals surface area contributed by atoms with Crippen LogP contribution in [0.2, 0.25) is 0 Å². The molecule has 2 rings (SSSR count). The van der Waals surface area contributed by atoms with E-state index in [2.05, 4.69) is 21.0 Å². The van der Waals surface area contributed by atoms with E-state index in [1.54, 1.807) is 4.68 Å². The number of hydrogen-bond donors (Lipinski definition) is 0. The normalized spacial score (nSPS) is 10.1. The average Bonchev–Trinajstić information content (AvgIpc) is 2.47. The van der Waals surface area contributed by atoms with Gasteiger partial charge in [0.2, 0.25) is 0 Å². The molecule has 0 aliphatic rings. The molecule has 0 unspecified atom stereocenters. The summed E-state index contributed by atoms with van der Waals surface area (Å²) in [6.07, 6.45) is 1.85. The highest BCUT2D eigenvalue weighted by Crippen LogP contribution is 2.26. The molecule has 0 saturated carbocycles. The molecule has 0 bridgehead atoms. The molecule has 2 aromatic rings. The standard InChI is InChI=1S/C10H9BrN2O/c1-13-7-9(11)10(12-13)14-8-5-3-2-4-6-8/h2-7H,1H3. The second-order valence-corrected chi connectivity index (χ2v) is 3.73. The molecule has 0 saturated heterocycles. The summed E-state index contributed by atoms with van der Waals surface area (Å²) in [6, 6.07) is 9.57. The summed E-state index contributed by atoms with van der Waals surface area (Å²) in [5.41, 5.74) is 0. The Morgan fingerprint density at radius 2 is 2.00 bits per heavy atom. The van der Waals surface area contributed by atoms with Crippen LogP contribution < -0.4 is 4.74 Å². The van der Waals surface area contributed by atoms with Crippen molar-refractivity contribution in [2.45, 2.75) is 0 Å². The summed E-state index contributed by atoms with van der Waals surface area (Å²) in [5.74, 6) is 1.37. The van der Waals surface area contributed by atoms with Crippen molar-refractivity contribution >= 4 is 15.9 Å². The molecule has 1 aromatic heterocycles. The van der Waals surface area contributed by atoms with Crippen molar-refractivity contribution in [2.75, 3.05) is 0 Å². The van der Waals surface area contributed by atoms with Crippen molar-refractivity contribution in [1.82, 2.24) is 9.78 Å². The molecule has 3 nitrogen and oxygen atoms in total. The lowest BCUT2D eigenvalue weighted by atomic mass is 10.3. The van der Waals surface area contributed by atoms with Crippen LogP contribution in [-0.4, -0.2) is 9.78 Å². The molecule has 4 heteroatoms. The third-order valence-electron chi connectivity index (χ3n) is 1.71. The van der Waals surface area contributed by atoms with Gasteiger partial charge in [-0.3, -0.25) is 4.68 Å². The minimum Gasteiger partial charge on any atom is -0.437 e. The number of ether oxygens (including phenoxy) is 1. The van der Waals surface area contributed by atoms with Gasteiger partial charge >= 0.3 is 0 Å². The summed E-state index contributed by atoms with van der Waals surface area (Å²) in [5, 5.41) is 4.15. The predicted octanol–water partition coefficient (Wildman–Crippen LogP) is 2.97. The largest absolute Gasteiger partial charge is 0.437 e. The summed E-state index contributed by atoms with van der Waals surface area (Å²) >= 11 is 3.37. The SMILES string of the molecule is Cn1cc(Br)c(Oc2ccccc2)n1. The summed E-state index contributed by atoms with van der Waals surface area (Å²) in [7, 11) is 1.85. The predicted molar refractivity (Wildman–Crippen MR) is 57.4 cm³/mol. The van der Waals surface area contributed by atoms with Gasteiger partial charge in [0.15, 0.2) is 0 Å². The third kappa shape index (κ3) is 1.96. The lowest BCUT2D eigenvalue weighted by Gasteiger charge is -2.00. The quantitative estimate of drug-likeness (QED) is 0.822. The van der Waals surface area contributed by atoms with Crippen LogP contribution in [0.4, 0.5) is 0 Å². The maximum atomic E-state index is 5.55. The van der Waals surface area contributed by atoms with Gasteiger partial charge in [-0.2, -0.15) is 0 Å². The molecule has 0 spiro atoms. The molecule has 1 heterocycles. The second-order valence-electron chi connectivity index (χ2n) is 2.87. The first-order chi connectivity index (χ1) is 6.75. The highest BCUT2D eigenvalue weighted by Gasteiger charge is 2.06. The Balaban J connectivity index is 2.23. The second kappa shape index (κ2) is 3.84. The van der Waals surface area contributed by atoms with Crippen LogP contribution in [0.3, 0.4) is 0 Å². The number of halogens is 1. The molecular formula is C10H9BrN2O. The summed E-state index contributed by atoms with van der Waals surface area (Å²) in [4.78, 5) is 0. The molecule has 14 heavy (non-hydrogen) atoms. The number of hydrogen-bond acceptors (Lipinski definition) is 2. The Kier molecular flexibility index (Phi) is 2.54. The number of nitrogens with zero attached hydrogens (tertiary/aromatic N) is 2. The number of benzene rings is 1. The molecule has 1 aromatic carbocycles. The van der Waals surface area contributed by atoms with Crippen molar-refractivity contribution in [3.8, 4) is 11.6 Å². The first kappa shape index (κ1) is 9.27. The van der Waals surface area contributed by atoms with E-state index in [-0.39, 0.29) is 0 Å². The molecule has 0 N–H and O–H groups in total. The minimum atomic E-state index is 0.582. The molecular weight excluding hydrogens is 244 g/mol. The van der Waals surface area contributed by atoms with E-state index in [1.807, 2.05) is 43.6 Å². The smallest absolute Gasteiger partial charge is 0.252 e. The molecule has 0 atom stereocenters. The minimum absolute atomic E-state index is 0.582. The van der Waals surface area contributed by atoms with Gasteiger partial charge in [0.25, 0.3) is 5.88 Å². The van der Waals surface area contributed by atoms with E-state index >= 15 is 0 Å². The highest BCUT2D eigenvalue weighted by molar-refractivity contribution is 9.10. The van der Waals surface area contributed by atoms with Gasteiger partial charge in [-0.25, -0.2) is 0 Å². The first-order valence-corrected chi connectivity index (χ1v) is 4.97. The lowest BCUT2D eigenvalue weighted by Crippen LogP contribution is -1.89. The zero-order chi connectivity index (χ0) is 9.97. The fraction of sp³-hybridized carbons (Fsp3) is 0.100. The van der Waals surface area contributed by atoms with Gasteiger partial charge in [-0.05, 0) is 28.1 Å². The topological polar surface area (TPSA) is 27.1 Å². The maximum absolute atomic E-state index is 5.55. The van der Waals surface area contributed by atoms with E-state index < -0.39 is 0 Å². The zero-order valence-corrected chi connectivity index (χ0v) is 9.23. The fourth-order valence-electron chi connectivity index (χ4n) is 1.11. The van der Waals surface area contributed by atoms with E-state index in [9.17, 15) is 0 Å². The Morgan fingerprint density at radius 3 is 2.57 bits per heavy atom. The van der Waals surface area contributed by atoms with Gasteiger partial charge in [0.1, 0.15) is 5.75 Å². The van der Waals surface area contributed by atoms with Crippen LogP contribution in [0, 0.1) is 0 Å². The molecule has 0 amide bonds. The van der Waals surface area contributed by atoms with Gasteiger partial charge in [-0.15, -0.1) is 5.10 Å². The van der Waals surface area contributed by atoms with Crippen LogP contribution in [0.25, 0.3) is 0 Å². The van der Waals surface area contributed by atoms with Crippen molar-refractivity contribution in [1.29, 1.82) is 0 Å². The molecule has 0 fully saturated rings. The Morgan fingerprint density at radius 1 is 1.29 bits per heavy atom. The van der Waals surface area contributed by atoms with Crippen LogP contribution in [0.15, 0.2) is 41.0 Å². The number of rotatable bonds is 2. The molecule has 0 aliphatic heterocycles. The monoisotopic (exact) mass is 252 g/mol. The van der Waals surface area contributed by atoms with E-state index in [1.165, 1.54) is 0 Å². The lowest BCUT2D eigenvalue weighted by molar-refractivity contribution is 0.452. The number of aryl methyl sites for hydroxylation is 1. The number of para-hydroxylation sites is 1. The Bertz CT molecular complexity index is 425. The first-order valence-electron chi connectivity index (χ1n) is 4.18. The maximum Gasteiger partial charge on any atom is 0.252 e. The third-order valence-corrected chi connectivity index (χ3v) is 2.25. The molecule has 0 radical (unpaired) electrons. The summed E-state index contributed by atoms with van der Waals surface area (Å²) < 4.78 is 8.10. The van der Waals surface area contributed by atoms with Crippen LogP contribution in [0.5, 0.6) is 11.6 Å². The van der Waals surface area contributed by atoms with Gasteiger partial charge < -0.3 is 4.74 Å². The van der Waals surface area contributed by atoms with Gasteiger partial charge in [0, 0.05) is 13.2 Å². The Labute approximate surface area is 90.4 Å². The van der Waals surface area contributed by atoms with E-state index in [4.69, 9.17) is 4.74 Å². The average molecular weight is 253 g/mol. The number of aromatic nitrogens is 2. The summed E-state index contributed by atoms with van der Waals surface area (Å²) in [6.45, 7) is 0.